The molecule has 0 bridgehead atoms. The first-order valence-electron chi connectivity index (χ1n) is 5.16. The minimum absolute atomic E-state index is 0.118. The summed E-state index contributed by atoms with van der Waals surface area (Å²) in [4.78, 5) is 28.7. The summed E-state index contributed by atoms with van der Waals surface area (Å²) in [5.74, 6) is -1.74. The molecule has 0 spiro atoms. The van der Waals surface area contributed by atoms with Crippen LogP contribution in [0.25, 0.3) is 0 Å². The Labute approximate surface area is 98.2 Å². The second-order valence-electron chi connectivity index (χ2n) is 3.47. The third kappa shape index (κ3) is 3.28. The monoisotopic (exact) mass is 241 g/mol. The Morgan fingerprint density at radius 2 is 2.35 bits per heavy atom. The molecule has 1 heterocycles. The first kappa shape index (κ1) is 13.2. The number of aromatic amines is 1. The molecule has 7 heteroatoms. The van der Waals surface area contributed by atoms with E-state index in [0.717, 1.165) is 0 Å². The molecule has 94 valence electrons. The van der Waals surface area contributed by atoms with E-state index in [4.69, 9.17) is 9.84 Å². The zero-order valence-electron chi connectivity index (χ0n) is 9.69. The summed E-state index contributed by atoms with van der Waals surface area (Å²) in [6, 6.07) is -0.161. The first-order valence-corrected chi connectivity index (χ1v) is 5.16. The Morgan fingerprint density at radius 1 is 1.65 bits per heavy atom. The van der Waals surface area contributed by atoms with Crippen LogP contribution in [-0.2, 0) is 4.74 Å². The first-order chi connectivity index (χ1) is 8.10. The zero-order valence-corrected chi connectivity index (χ0v) is 9.69. The molecule has 0 aliphatic carbocycles. The Bertz CT molecular complexity index is 402. The van der Waals surface area contributed by atoms with E-state index in [1.165, 1.54) is 13.4 Å². The van der Waals surface area contributed by atoms with Crippen molar-refractivity contribution in [3.63, 3.8) is 0 Å². The van der Waals surface area contributed by atoms with E-state index in [1.807, 2.05) is 6.92 Å². The molecule has 1 amide bonds. The molecule has 0 aliphatic rings. The van der Waals surface area contributed by atoms with Gasteiger partial charge in [-0.05, 0) is 6.42 Å². The van der Waals surface area contributed by atoms with E-state index >= 15 is 0 Å². The molecule has 7 nitrogen and oxygen atoms in total. The van der Waals surface area contributed by atoms with Crippen molar-refractivity contribution in [3.8, 4) is 0 Å². The molecular formula is C10H15N3O4. The number of hydrogen-bond acceptors (Lipinski definition) is 4. The van der Waals surface area contributed by atoms with Crippen molar-refractivity contribution in [3.05, 3.63) is 17.7 Å². The van der Waals surface area contributed by atoms with Gasteiger partial charge in [-0.2, -0.15) is 0 Å². The SMILES string of the molecule is CCC(COC)NC(=O)c1nc[nH]c1C(=O)O. The summed E-state index contributed by atoms with van der Waals surface area (Å²) in [5.41, 5.74) is -0.332. The number of ether oxygens (including phenoxy) is 1. The van der Waals surface area contributed by atoms with Gasteiger partial charge in [0.05, 0.1) is 19.0 Å². The molecule has 1 rings (SSSR count). The van der Waals surface area contributed by atoms with Crippen LogP contribution in [0.4, 0.5) is 0 Å². The number of carbonyl (C=O) groups excluding carboxylic acids is 1. The van der Waals surface area contributed by atoms with Crippen LogP contribution in [0.1, 0.15) is 34.3 Å². The number of rotatable bonds is 6. The number of H-pyrrole nitrogens is 1. The summed E-state index contributed by atoms with van der Waals surface area (Å²) in [6.07, 6.45) is 1.86. The van der Waals surface area contributed by atoms with E-state index in [9.17, 15) is 9.59 Å². The molecule has 0 aromatic carbocycles. The van der Waals surface area contributed by atoms with Crippen molar-refractivity contribution in [1.29, 1.82) is 0 Å². The van der Waals surface area contributed by atoms with E-state index in [-0.39, 0.29) is 17.4 Å². The largest absolute Gasteiger partial charge is 0.477 e. The van der Waals surface area contributed by atoms with Gasteiger partial charge in [-0.15, -0.1) is 0 Å². The normalized spacial score (nSPS) is 12.1. The Morgan fingerprint density at radius 3 is 2.88 bits per heavy atom. The van der Waals surface area contributed by atoms with E-state index in [1.54, 1.807) is 0 Å². The molecule has 3 N–H and O–H groups in total. The number of carboxylic acid groups (broad SMARTS) is 1. The highest BCUT2D eigenvalue weighted by atomic mass is 16.5. The number of carboxylic acids is 1. The van der Waals surface area contributed by atoms with E-state index in [0.29, 0.717) is 13.0 Å². The summed E-state index contributed by atoms with van der Waals surface area (Å²) in [7, 11) is 1.53. The minimum atomic E-state index is -1.22. The standard InChI is InChI=1S/C10H15N3O4/c1-3-6(4-17-2)13-9(14)7-8(10(15)16)12-5-11-7/h5-6H,3-4H2,1-2H3,(H,11,12)(H,13,14)(H,15,16). The second kappa shape index (κ2) is 6.00. The Balaban J connectivity index is 2.75. The van der Waals surface area contributed by atoms with Gasteiger partial charge in [0.1, 0.15) is 0 Å². The maximum Gasteiger partial charge on any atom is 0.354 e. The van der Waals surface area contributed by atoms with E-state index in [2.05, 4.69) is 15.3 Å². The molecule has 17 heavy (non-hydrogen) atoms. The number of nitrogens with one attached hydrogen (secondary N) is 2. The third-order valence-electron chi connectivity index (χ3n) is 2.26. The van der Waals surface area contributed by atoms with Crippen LogP contribution in [-0.4, -0.2) is 46.7 Å². The lowest BCUT2D eigenvalue weighted by molar-refractivity contribution is 0.0683. The van der Waals surface area contributed by atoms with Gasteiger partial charge in [0.2, 0.25) is 0 Å². The van der Waals surface area contributed by atoms with Crippen molar-refractivity contribution in [2.24, 2.45) is 0 Å². The van der Waals surface area contributed by atoms with Crippen LogP contribution in [0.15, 0.2) is 6.33 Å². The molecule has 0 aliphatic heterocycles. The number of methoxy groups -OCH3 is 1. The fraction of sp³-hybridized carbons (Fsp3) is 0.500. The number of nitrogens with zero attached hydrogens (tertiary/aromatic N) is 1. The molecular weight excluding hydrogens is 226 g/mol. The summed E-state index contributed by atoms with van der Waals surface area (Å²) >= 11 is 0. The molecule has 0 radical (unpaired) electrons. The highest BCUT2D eigenvalue weighted by molar-refractivity contribution is 6.02. The van der Waals surface area contributed by atoms with Crippen LogP contribution in [0.3, 0.4) is 0 Å². The van der Waals surface area contributed by atoms with Crippen LogP contribution < -0.4 is 5.32 Å². The maximum absolute atomic E-state index is 11.8. The van der Waals surface area contributed by atoms with Crippen molar-refractivity contribution >= 4 is 11.9 Å². The fourth-order valence-electron chi connectivity index (χ4n) is 1.35. The van der Waals surface area contributed by atoms with Crippen molar-refractivity contribution in [1.82, 2.24) is 15.3 Å². The summed E-state index contributed by atoms with van der Waals surface area (Å²) in [6.45, 7) is 2.27. The number of imidazole rings is 1. The number of aromatic nitrogens is 2. The van der Waals surface area contributed by atoms with Crippen LogP contribution in [0.5, 0.6) is 0 Å². The number of amides is 1. The highest BCUT2D eigenvalue weighted by Crippen LogP contribution is 2.04. The molecule has 1 aromatic rings. The molecule has 0 fully saturated rings. The van der Waals surface area contributed by atoms with Crippen LogP contribution in [0.2, 0.25) is 0 Å². The van der Waals surface area contributed by atoms with Crippen LogP contribution in [0, 0.1) is 0 Å². The number of hydrogen-bond donors (Lipinski definition) is 3. The van der Waals surface area contributed by atoms with Crippen molar-refractivity contribution < 1.29 is 19.4 Å². The lowest BCUT2D eigenvalue weighted by atomic mass is 10.2. The average molecular weight is 241 g/mol. The van der Waals surface area contributed by atoms with Gasteiger partial charge in [-0.25, -0.2) is 9.78 Å². The van der Waals surface area contributed by atoms with Gasteiger partial charge < -0.3 is 20.1 Å². The third-order valence-corrected chi connectivity index (χ3v) is 2.26. The number of carbonyl (C=O) groups is 2. The average Bonchev–Trinajstić information content (AvgIpc) is 2.77. The Kier molecular flexibility index (Phi) is 4.65. The quantitative estimate of drug-likeness (QED) is 0.662. The van der Waals surface area contributed by atoms with Gasteiger partial charge >= 0.3 is 5.97 Å². The fourth-order valence-corrected chi connectivity index (χ4v) is 1.35. The lowest BCUT2D eigenvalue weighted by Crippen LogP contribution is -2.38. The summed E-state index contributed by atoms with van der Waals surface area (Å²) in [5, 5.41) is 11.5. The van der Waals surface area contributed by atoms with E-state index < -0.39 is 11.9 Å². The van der Waals surface area contributed by atoms with Gasteiger partial charge in [0, 0.05) is 7.11 Å². The topological polar surface area (TPSA) is 104 Å². The van der Waals surface area contributed by atoms with Gasteiger partial charge in [0.25, 0.3) is 5.91 Å². The molecule has 1 atom stereocenters. The number of aromatic carboxylic acids is 1. The molecule has 1 unspecified atom stereocenters. The predicted molar refractivity (Wildman–Crippen MR) is 59.0 cm³/mol. The molecule has 0 saturated heterocycles. The lowest BCUT2D eigenvalue weighted by Gasteiger charge is -2.15. The van der Waals surface area contributed by atoms with Gasteiger partial charge in [-0.3, -0.25) is 4.79 Å². The second-order valence-corrected chi connectivity index (χ2v) is 3.47. The van der Waals surface area contributed by atoms with Crippen molar-refractivity contribution in [2.45, 2.75) is 19.4 Å². The molecule has 1 aromatic heterocycles. The highest BCUT2D eigenvalue weighted by Gasteiger charge is 2.21. The Hall–Kier alpha value is -1.89. The van der Waals surface area contributed by atoms with Crippen LogP contribution >= 0.6 is 0 Å². The smallest absolute Gasteiger partial charge is 0.354 e. The molecule has 0 saturated carbocycles. The minimum Gasteiger partial charge on any atom is -0.477 e. The van der Waals surface area contributed by atoms with Gasteiger partial charge in [0.15, 0.2) is 11.4 Å². The maximum atomic E-state index is 11.8. The zero-order chi connectivity index (χ0) is 12.8. The summed E-state index contributed by atoms with van der Waals surface area (Å²) < 4.78 is 4.93. The van der Waals surface area contributed by atoms with Crippen molar-refractivity contribution in [2.75, 3.05) is 13.7 Å². The van der Waals surface area contributed by atoms with Gasteiger partial charge in [-0.1, -0.05) is 6.92 Å². The predicted octanol–water partition coefficient (Wildman–Crippen LogP) is 0.263.